The molecule has 1 rings (SSSR count). The first kappa shape index (κ1) is 7.53. The van der Waals surface area contributed by atoms with Gasteiger partial charge in [0.2, 0.25) is 0 Å². The fourth-order valence-electron chi connectivity index (χ4n) is 0.738. The van der Waals surface area contributed by atoms with Crippen LogP contribution < -0.4 is 5.73 Å². The van der Waals surface area contributed by atoms with Crippen molar-refractivity contribution in [2.45, 2.75) is 0 Å². The number of nitroso groups, excluding NO2 is 1. The van der Waals surface area contributed by atoms with Crippen LogP contribution in [0.1, 0.15) is 0 Å². The Kier molecular flexibility index (Phi) is 1.76. The van der Waals surface area contributed by atoms with E-state index < -0.39 is 0 Å². The van der Waals surface area contributed by atoms with E-state index in [9.17, 15) is 4.91 Å². The molecule has 1 aromatic rings. The Morgan fingerprint density at radius 2 is 2.18 bits per heavy atom. The van der Waals surface area contributed by atoms with Gasteiger partial charge in [-0.15, -0.1) is 0 Å². The minimum absolute atomic E-state index is 0.00407. The molecule has 11 heavy (non-hydrogen) atoms. The maximum atomic E-state index is 10.7. The van der Waals surface area contributed by atoms with E-state index in [1.807, 2.05) is 0 Å². The highest BCUT2D eigenvalue weighted by molar-refractivity contribution is 5.57. The molecule has 0 aliphatic carbocycles. The predicted molar refractivity (Wildman–Crippen MR) is 41.7 cm³/mol. The lowest BCUT2D eigenvalue weighted by Crippen LogP contribution is -1.92. The summed E-state index contributed by atoms with van der Waals surface area (Å²) in [5.74, 6) is -0.00407. The van der Waals surface area contributed by atoms with E-state index in [1.165, 1.54) is 25.2 Å². The normalized spacial score (nSPS) is 9.55. The zero-order valence-corrected chi connectivity index (χ0v) is 6.11. The van der Waals surface area contributed by atoms with Gasteiger partial charge in [-0.25, -0.2) is 0 Å². The first-order valence-corrected chi connectivity index (χ1v) is 3.10. The summed E-state index contributed by atoms with van der Waals surface area (Å²) in [7, 11) is 1.37. The van der Waals surface area contributed by atoms with Crippen LogP contribution in [0.2, 0.25) is 0 Å². The summed E-state index contributed by atoms with van der Waals surface area (Å²) in [6, 6.07) is 4.31. The molecule has 0 saturated heterocycles. The molecular weight excluding hydrogens is 144 g/mol. The highest BCUT2D eigenvalue weighted by Crippen LogP contribution is 2.23. The lowest BCUT2D eigenvalue weighted by Gasteiger charge is -1.95. The Balaban J connectivity index is 3.15. The van der Waals surface area contributed by atoms with Gasteiger partial charge in [-0.2, -0.15) is 0 Å². The molecule has 0 aromatic heterocycles. The van der Waals surface area contributed by atoms with Gasteiger partial charge in [0.15, 0.2) is 7.05 Å². The van der Waals surface area contributed by atoms with Crippen LogP contribution in [-0.2, 0) is 0 Å². The summed E-state index contributed by atoms with van der Waals surface area (Å²) >= 11 is 0. The van der Waals surface area contributed by atoms with Crippen LogP contribution in [0.25, 0.3) is 0 Å². The number of phenols is 1. The third-order valence-corrected chi connectivity index (χ3v) is 1.37. The zero-order chi connectivity index (χ0) is 8.43. The monoisotopic (exact) mass is 153 g/mol. The number of anilines is 1. The second-order valence-electron chi connectivity index (χ2n) is 2.24. The molecule has 58 valence electrons. The Morgan fingerprint density at radius 1 is 1.55 bits per heavy atom. The Morgan fingerprint density at radius 3 is 2.64 bits per heavy atom. The van der Waals surface area contributed by atoms with Gasteiger partial charge < -0.3 is 10.8 Å². The molecule has 0 heterocycles. The number of nitrogens with two attached hydrogens (primary N) is 1. The number of rotatable bonds is 1. The number of hydrogen-bond acceptors (Lipinski definition) is 3. The van der Waals surface area contributed by atoms with Crippen molar-refractivity contribution in [1.29, 1.82) is 0 Å². The van der Waals surface area contributed by atoms with Gasteiger partial charge in [-0.1, -0.05) is 0 Å². The lowest BCUT2D eigenvalue weighted by atomic mass is 10.2. The van der Waals surface area contributed by atoms with E-state index in [4.69, 9.17) is 10.8 Å². The number of nitrogen functional groups attached to an aromatic ring is 1. The smallest absolute Gasteiger partial charge is 0.257 e. The van der Waals surface area contributed by atoms with Crippen molar-refractivity contribution in [3.63, 3.8) is 0 Å². The summed E-state index contributed by atoms with van der Waals surface area (Å²) in [4.78, 5) is 10.7. The van der Waals surface area contributed by atoms with Crippen LogP contribution in [0.4, 0.5) is 11.4 Å². The van der Waals surface area contributed by atoms with Crippen molar-refractivity contribution in [3.8, 4) is 5.75 Å². The van der Waals surface area contributed by atoms with Gasteiger partial charge in [-0.05, 0) is 6.07 Å². The minimum atomic E-state index is -0.00407. The SMILES string of the molecule is C[N+](=O)c1ccc(O)c(N)c1. The topological polar surface area (TPSA) is 66.3 Å². The summed E-state index contributed by atoms with van der Waals surface area (Å²) < 4.78 is 0.676. The fourth-order valence-corrected chi connectivity index (χ4v) is 0.738. The van der Waals surface area contributed by atoms with Crippen LogP contribution in [0.3, 0.4) is 0 Å². The predicted octanol–water partition coefficient (Wildman–Crippen LogP) is 1.01. The summed E-state index contributed by atoms with van der Waals surface area (Å²) in [6.45, 7) is 0. The number of benzene rings is 1. The molecule has 0 atom stereocenters. The Labute approximate surface area is 63.8 Å². The largest absolute Gasteiger partial charge is 0.506 e. The summed E-state index contributed by atoms with van der Waals surface area (Å²) in [5, 5.41) is 8.98. The summed E-state index contributed by atoms with van der Waals surface area (Å²) in [5.41, 5.74) is 5.99. The Hall–Kier alpha value is -1.58. The van der Waals surface area contributed by atoms with E-state index in [0.717, 1.165) is 0 Å². The molecule has 0 unspecified atom stereocenters. The summed E-state index contributed by atoms with van der Waals surface area (Å²) in [6.07, 6.45) is 0. The second-order valence-corrected chi connectivity index (χ2v) is 2.24. The van der Waals surface area contributed by atoms with Gasteiger partial charge in [0, 0.05) is 21.8 Å². The van der Waals surface area contributed by atoms with Gasteiger partial charge in [0.05, 0.1) is 5.69 Å². The molecule has 1 aromatic carbocycles. The first-order valence-electron chi connectivity index (χ1n) is 3.10. The molecule has 0 saturated carbocycles. The Bertz CT molecular complexity index is 296. The highest BCUT2D eigenvalue weighted by Gasteiger charge is 2.07. The molecule has 0 aliphatic heterocycles. The molecule has 0 bridgehead atoms. The van der Waals surface area contributed by atoms with Crippen molar-refractivity contribution in [3.05, 3.63) is 23.1 Å². The molecule has 0 aliphatic rings. The number of aromatic hydroxyl groups is 1. The van der Waals surface area contributed by atoms with Crippen molar-refractivity contribution < 1.29 is 9.87 Å². The van der Waals surface area contributed by atoms with Crippen LogP contribution in [0, 0.1) is 4.91 Å². The fraction of sp³-hybridized carbons (Fsp3) is 0.143. The van der Waals surface area contributed by atoms with E-state index in [0.29, 0.717) is 10.4 Å². The molecular formula is C7H9N2O2+. The van der Waals surface area contributed by atoms with Crippen molar-refractivity contribution in [2.24, 2.45) is 0 Å². The third-order valence-electron chi connectivity index (χ3n) is 1.37. The molecule has 3 N–H and O–H groups in total. The van der Waals surface area contributed by atoms with Gasteiger partial charge >= 0.3 is 0 Å². The molecule has 0 radical (unpaired) electrons. The minimum Gasteiger partial charge on any atom is -0.506 e. The van der Waals surface area contributed by atoms with E-state index in [-0.39, 0.29) is 11.4 Å². The second kappa shape index (κ2) is 2.57. The molecule has 4 heteroatoms. The van der Waals surface area contributed by atoms with Gasteiger partial charge in [0.25, 0.3) is 5.69 Å². The maximum absolute atomic E-state index is 10.7. The third kappa shape index (κ3) is 1.46. The molecule has 0 spiro atoms. The first-order chi connectivity index (χ1) is 5.11. The lowest BCUT2D eigenvalue weighted by molar-refractivity contribution is -0.428. The average molecular weight is 153 g/mol. The number of hydrogen-bond donors (Lipinski definition) is 2. The highest BCUT2D eigenvalue weighted by atomic mass is 16.3. The van der Waals surface area contributed by atoms with Crippen LogP contribution in [0.5, 0.6) is 5.75 Å². The standard InChI is InChI=1S/C7H8N2O2/c1-9(11)5-2-3-7(10)6(8)4-5/h2-4H,8H2,1H3/p+1. The average Bonchev–Trinajstić information content (AvgIpc) is 1.94. The quantitative estimate of drug-likeness (QED) is 0.359. The zero-order valence-electron chi connectivity index (χ0n) is 6.11. The van der Waals surface area contributed by atoms with Crippen molar-refractivity contribution in [1.82, 2.24) is 0 Å². The van der Waals surface area contributed by atoms with Crippen molar-refractivity contribution >= 4 is 11.4 Å². The van der Waals surface area contributed by atoms with E-state index in [2.05, 4.69) is 0 Å². The number of phenolic OH excluding ortho intramolecular Hbond substituents is 1. The van der Waals surface area contributed by atoms with Gasteiger partial charge in [0.1, 0.15) is 5.75 Å². The molecule has 0 fully saturated rings. The number of nitrogens with zero attached hydrogens (tertiary/aromatic N) is 1. The van der Waals surface area contributed by atoms with Gasteiger partial charge in [-0.3, -0.25) is 0 Å². The van der Waals surface area contributed by atoms with E-state index in [1.54, 1.807) is 0 Å². The maximum Gasteiger partial charge on any atom is 0.257 e. The van der Waals surface area contributed by atoms with Crippen LogP contribution >= 0.6 is 0 Å². The van der Waals surface area contributed by atoms with Crippen LogP contribution in [-0.4, -0.2) is 16.9 Å². The van der Waals surface area contributed by atoms with Crippen molar-refractivity contribution in [2.75, 3.05) is 12.8 Å². The molecule has 0 amide bonds. The van der Waals surface area contributed by atoms with Crippen LogP contribution in [0.15, 0.2) is 18.2 Å². The molecule has 4 nitrogen and oxygen atoms in total. The van der Waals surface area contributed by atoms with E-state index >= 15 is 0 Å².